The second-order valence-corrected chi connectivity index (χ2v) is 23.4. The summed E-state index contributed by atoms with van der Waals surface area (Å²) in [7, 11) is 9.07. The van der Waals surface area contributed by atoms with E-state index in [9.17, 15) is 28.8 Å². The molecule has 13 rings (SSSR count). The molecule has 0 saturated heterocycles. The van der Waals surface area contributed by atoms with Gasteiger partial charge in [-0.1, -0.05) is 35.5 Å². The zero-order valence-corrected chi connectivity index (χ0v) is 53.1. The van der Waals surface area contributed by atoms with Crippen molar-refractivity contribution in [2.45, 2.75) is 119 Å². The van der Waals surface area contributed by atoms with Crippen LogP contribution in [0.2, 0.25) is 0 Å². The molecule has 3 aromatic carbocycles. The van der Waals surface area contributed by atoms with Crippen LogP contribution in [0.3, 0.4) is 0 Å². The molecule has 18 heteroatoms. The number of carbonyl (C=O) groups excluding carboxylic acids is 6. The van der Waals surface area contributed by atoms with E-state index in [2.05, 4.69) is 71.0 Å². The lowest BCUT2D eigenvalue weighted by Crippen LogP contribution is -2.33. The fraction of sp³-hybridized carbons (Fsp3) is 0.500. The summed E-state index contributed by atoms with van der Waals surface area (Å²) in [6.07, 6.45) is 0.0956. The maximum Gasteiger partial charge on any atom is 0.324 e. The van der Waals surface area contributed by atoms with E-state index in [1.165, 1.54) is 42.7 Å². The van der Waals surface area contributed by atoms with E-state index in [0.29, 0.717) is 101 Å². The fourth-order valence-corrected chi connectivity index (χ4v) is 14.7. The highest BCUT2D eigenvalue weighted by Gasteiger charge is 2.57. The number of benzene rings is 3. The minimum Gasteiger partial charge on any atom is -0.496 e. The Morgan fingerprint density at radius 3 is 0.444 bits per heavy atom. The summed E-state index contributed by atoms with van der Waals surface area (Å²) in [6.45, 7) is 10.5. The molecular formula is C72H72O18. The van der Waals surface area contributed by atoms with Gasteiger partial charge in [0.2, 0.25) is 0 Å². The normalized spacial score (nSPS) is 24.3. The molecule has 468 valence electrons. The highest BCUT2D eigenvalue weighted by Crippen LogP contribution is 2.58. The van der Waals surface area contributed by atoms with Crippen molar-refractivity contribution in [1.29, 1.82) is 0 Å². The number of ether oxygens (including phenoxy) is 12. The fourth-order valence-electron chi connectivity index (χ4n) is 14.7. The first-order valence-corrected chi connectivity index (χ1v) is 30.3. The molecule has 10 aliphatic rings. The van der Waals surface area contributed by atoms with Gasteiger partial charge in [-0.3, -0.25) is 28.8 Å². The van der Waals surface area contributed by atoms with Crippen LogP contribution in [0.1, 0.15) is 108 Å². The molecule has 0 unspecified atom stereocenters. The lowest BCUT2D eigenvalue weighted by molar-refractivity contribution is -0.152. The Bertz CT molecular complexity index is 3220. The quantitative estimate of drug-likeness (QED) is 0.0804. The molecule has 0 aliphatic heterocycles. The number of hydrogen-bond donors (Lipinski definition) is 0. The van der Waals surface area contributed by atoms with Crippen LogP contribution in [0.4, 0.5) is 0 Å². The molecule has 10 aliphatic carbocycles. The molecule has 0 amide bonds. The predicted octanol–water partition coefficient (Wildman–Crippen LogP) is 6.06. The van der Waals surface area contributed by atoms with Gasteiger partial charge in [0.1, 0.15) is 67.0 Å². The van der Waals surface area contributed by atoms with Crippen LogP contribution in [0.25, 0.3) is 0 Å². The SMILES string of the molecule is CCOC(=O)C12C#CC#CC3(C(=O)OCC)Cc4c(c(OC)c5c(c4OC)CC(C(=O)OCC)(C#CC#CC4(C(=O)OCC)Cc6c(c(OC)c7c(c6OC)CC(C(=O)OCC)(C#CC#CC6(C(=O)OCC)Cc8c(c(OC)c(c(c8OC)C1)C2)C6)C7)C4)C5)C3. The Morgan fingerprint density at radius 2 is 0.356 bits per heavy atom. The Hall–Kier alpha value is -9.36. The summed E-state index contributed by atoms with van der Waals surface area (Å²) in [4.78, 5) is 86.8. The molecular weight excluding hydrogens is 1150 g/mol. The van der Waals surface area contributed by atoms with Gasteiger partial charge in [0.25, 0.3) is 0 Å². The van der Waals surface area contributed by atoms with E-state index in [1.807, 2.05) is 0 Å². The lowest BCUT2D eigenvalue weighted by Gasteiger charge is -2.21. The van der Waals surface area contributed by atoms with Crippen LogP contribution in [0, 0.1) is 104 Å². The first kappa shape index (κ1) is 63.7. The van der Waals surface area contributed by atoms with Gasteiger partial charge in [0.05, 0.1) is 82.3 Å². The third-order valence-corrected chi connectivity index (χ3v) is 18.4. The van der Waals surface area contributed by atoms with E-state index in [4.69, 9.17) is 56.8 Å². The van der Waals surface area contributed by atoms with Crippen molar-refractivity contribution >= 4 is 35.8 Å². The average Bonchev–Trinajstić information content (AvgIpc) is 1.58. The Balaban J connectivity index is 1.20. The van der Waals surface area contributed by atoms with Crippen molar-refractivity contribution in [3.8, 4) is 106 Å². The Labute approximate surface area is 525 Å². The summed E-state index contributed by atoms with van der Waals surface area (Å²) in [5.41, 5.74) is -1.67. The van der Waals surface area contributed by atoms with Gasteiger partial charge >= 0.3 is 35.8 Å². The molecule has 3 aromatic rings. The van der Waals surface area contributed by atoms with Crippen molar-refractivity contribution in [2.24, 2.45) is 32.5 Å². The van der Waals surface area contributed by atoms with E-state index < -0.39 is 68.3 Å². The standard InChI is InChI=1S/C72H72O18/c1-13-85-61(73)67-25-19-20-26-68(62(74)86-14-2)35-47-48(36-68)58(82-10)50-38-71(65(77)89-17-5,37-49(50)57(47)81-9)29-23-24-30-72(66(78)90-18-6)41-53-54(42-72)60(84-12)52-40-70(64(76)88-16-4,39-51(52)59(53)83-11)28-22-21-27-69(63(75)87-15-3)33-45-46(34-69)56(80-8)44(32-67)43(31-67)55(45)79-7/h13-18,31-42H2,1-12H3. The van der Waals surface area contributed by atoms with Gasteiger partial charge in [-0.25, -0.2) is 0 Å². The van der Waals surface area contributed by atoms with Crippen molar-refractivity contribution < 1.29 is 85.6 Å². The predicted molar refractivity (Wildman–Crippen MR) is 324 cm³/mol. The molecule has 0 heterocycles. The van der Waals surface area contributed by atoms with Crippen LogP contribution in [-0.4, -0.2) is 118 Å². The van der Waals surface area contributed by atoms with Crippen LogP contribution in [0.15, 0.2) is 0 Å². The second-order valence-electron chi connectivity index (χ2n) is 23.4. The molecule has 0 fully saturated rings. The van der Waals surface area contributed by atoms with Crippen molar-refractivity contribution in [3.63, 3.8) is 0 Å². The second kappa shape index (κ2) is 24.9. The maximum atomic E-state index is 14.5. The van der Waals surface area contributed by atoms with Gasteiger partial charge in [-0.2, -0.15) is 0 Å². The number of carbonyl (C=O) groups is 6. The third-order valence-electron chi connectivity index (χ3n) is 18.4. The van der Waals surface area contributed by atoms with Gasteiger partial charge in [-0.15, -0.1) is 0 Å². The largest absolute Gasteiger partial charge is 0.496 e. The molecule has 0 radical (unpaired) electrons. The molecule has 0 N–H and O–H groups in total. The number of hydrogen-bond acceptors (Lipinski definition) is 18. The van der Waals surface area contributed by atoms with Crippen molar-refractivity contribution in [1.82, 2.24) is 0 Å². The van der Waals surface area contributed by atoms with Crippen LogP contribution < -0.4 is 28.4 Å². The summed E-state index contributed by atoms with van der Waals surface area (Å²) in [6, 6.07) is 0. The monoisotopic (exact) mass is 1220 g/mol. The number of esters is 6. The molecule has 90 heavy (non-hydrogen) atoms. The van der Waals surface area contributed by atoms with Gasteiger partial charge in [0, 0.05) is 144 Å². The molecule has 0 saturated carbocycles. The minimum absolute atomic E-state index is 0.00797. The zero-order valence-electron chi connectivity index (χ0n) is 53.1. The van der Waals surface area contributed by atoms with Crippen molar-refractivity contribution in [2.75, 3.05) is 82.3 Å². The topological polar surface area (TPSA) is 213 Å². The Kier molecular flexibility index (Phi) is 17.6. The highest BCUT2D eigenvalue weighted by atomic mass is 16.6. The molecule has 18 bridgehead atoms. The molecule has 0 aromatic heterocycles. The maximum absolute atomic E-state index is 14.5. The summed E-state index contributed by atoms with van der Waals surface area (Å²) < 4.78 is 72.0. The number of methoxy groups -OCH3 is 6. The number of rotatable bonds is 18. The van der Waals surface area contributed by atoms with Gasteiger partial charge in [-0.05, 0) is 77.1 Å². The van der Waals surface area contributed by atoms with Crippen LogP contribution in [0.5, 0.6) is 34.5 Å². The van der Waals surface area contributed by atoms with E-state index >= 15 is 0 Å². The van der Waals surface area contributed by atoms with Crippen LogP contribution >= 0.6 is 0 Å². The van der Waals surface area contributed by atoms with Crippen LogP contribution in [-0.2, 0) is 134 Å². The van der Waals surface area contributed by atoms with E-state index in [-0.39, 0.29) is 117 Å². The van der Waals surface area contributed by atoms with Gasteiger partial charge in [0.15, 0.2) is 0 Å². The third kappa shape index (κ3) is 10.2. The lowest BCUT2D eigenvalue weighted by atomic mass is 9.83. The molecule has 18 nitrogen and oxygen atoms in total. The smallest absolute Gasteiger partial charge is 0.324 e. The van der Waals surface area contributed by atoms with Crippen molar-refractivity contribution in [3.05, 3.63) is 66.8 Å². The summed E-state index contributed by atoms with van der Waals surface area (Å²) >= 11 is 0. The van der Waals surface area contributed by atoms with E-state index in [0.717, 1.165) is 0 Å². The average molecular weight is 1230 g/mol. The zero-order chi connectivity index (χ0) is 64.6. The molecule has 0 spiro atoms. The van der Waals surface area contributed by atoms with E-state index in [1.54, 1.807) is 41.5 Å². The Morgan fingerprint density at radius 1 is 0.244 bits per heavy atom. The summed E-state index contributed by atoms with van der Waals surface area (Å²) in [5, 5.41) is 0. The van der Waals surface area contributed by atoms with Gasteiger partial charge < -0.3 is 56.8 Å². The first-order chi connectivity index (χ1) is 43.3. The first-order valence-electron chi connectivity index (χ1n) is 30.3. The minimum atomic E-state index is -1.51. The highest BCUT2D eigenvalue weighted by molar-refractivity contribution is 5.91. The summed E-state index contributed by atoms with van der Waals surface area (Å²) in [5.74, 6) is 35.7. The molecule has 0 atom stereocenters.